The molecule has 1 N–H and O–H groups in total. The summed E-state index contributed by atoms with van der Waals surface area (Å²) in [4.78, 5) is 16.5. The normalized spacial score (nSPS) is 17.4. The highest BCUT2D eigenvalue weighted by molar-refractivity contribution is 9.10. The first-order chi connectivity index (χ1) is 9.75. The van der Waals surface area contributed by atoms with Gasteiger partial charge in [0.2, 0.25) is 0 Å². The Hall–Kier alpha value is -1.72. The molecule has 20 heavy (non-hydrogen) atoms. The summed E-state index contributed by atoms with van der Waals surface area (Å²) in [5, 5.41) is 2.85. The number of nitrogens with one attached hydrogen (secondary N) is 1. The van der Waals surface area contributed by atoms with Crippen molar-refractivity contribution >= 4 is 27.5 Å². The molecule has 1 aromatic heterocycles. The minimum atomic E-state index is -0.563. The van der Waals surface area contributed by atoms with Crippen LogP contribution in [0.15, 0.2) is 47.2 Å². The van der Waals surface area contributed by atoms with E-state index in [0.29, 0.717) is 16.9 Å². The van der Waals surface area contributed by atoms with E-state index in [1.807, 2.05) is 24.3 Å². The van der Waals surface area contributed by atoms with E-state index >= 15 is 0 Å². The van der Waals surface area contributed by atoms with Crippen LogP contribution in [0.3, 0.4) is 0 Å². The molecule has 1 aliphatic heterocycles. The summed E-state index contributed by atoms with van der Waals surface area (Å²) in [7, 11) is 0. The molecule has 2 heterocycles. The molecule has 0 fully saturated rings. The minimum absolute atomic E-state index is 0.175. The molecule has 1 atom stereocenters. The van der Waals surface area contributed by atoms with E-state index in [9.17, 15) is 4.79 Å². The number of carbonyl (C=O) groups excluding carboxylic acids is 1. The quantitative estimate of drug-likeness (QED) is 0.860. The van der Waals surface area contributed by atoms with Gasteiger partial charge in [-0.2, -0.15) is 0 Å². The number of carbonyl (C=O) groups is 1. The van der Waals surface area contributed by atoms with Gasteiger partial charge in [0.05, 0.1) is 12.3 Å². The summed E-state index contributed by atoms with van der Waals surface area (Å²) in [6.45, 7) is 0.559. The third kappa shape index (κ3) is 2.59. The van der Waals surface area contributed by atoms with E-state index in [-0.39, 0.29) is 5.91 Å². The number of pyridine rings is 1. The highest BCUT2D eigenvalue weighted by Crippen LogP contribution is 2.29. The Morgan fingerprint density at radius 1 is 1.30 bits per heavy atom. The van der Waals surface area contributed by atoms with E-state index in [1.165, 1.54) is 5.56 Å². The monoisotopic (exact) mass is 332 g/mol. The SMILES string of the molecule is O=C(Nc1cccnc1Br)C1OCCc2ccccc21. The molecule has 4 nitrogen and oxygen atoms in total. The molecule has 0 spiro atoms. The topological polar surface area (TPSA) is 51.2 Å². The first-order valence-electron chi connectivity index (χ1n) is 6.36. The second kappa shape index (κ2) is 5.73. The van der Waals surface area contributed by atoms with Gasteiger partial charge < -0.3 is 10.1 Å². The fourth-order valence-electron chi connectivity index (χ4n) is 2.29. The Morgan fingerprint density at radius 2 is 2.15 bits per heavy atom. The van der Waals surface area contributed by atoms with E-state index in [0.717, 1.165) is 12.0 Å². The van der Waals surface area contributed by atoms with E-state index in [1.54, 1.807) is 18.3 Å². The predicted octanol–water partition coefficient (Wildman–Crippen LogP) is 3.10. The van der Waals surface area contributed by atoms with E-state index in [4.69, 9.17) is 4.74 Å². The van der Waals surface area contributed by atoms with Crippen LogP contribution in [0.1, 0.15) is 17.2 Å². The molecule has 3 rings (SSSR count). The van der Waals surface area contributed by atoms with Crippen LogP contribution in [-0.2, 0) is 16.0 Å². The van der Waals surface area contributed by atoms with Gasteiger partial charge in [-0.15, -0.1) is 0 Å². The second-order valence-corrected chi connectivity index (χ2v) is 5.28. The van der Waals surface area contributed by atoms with Crippen molar-refractivity contribution in [1.29, 1.82) is 0 Å². The Kier molecular flexibility index (Phi) is 3.80. The maximum absolute atomic E-state index is 12.4. The summed E-state index contributed by atoms with van der Waals surface area (Å²) in [6.07, 6.45) is 1.94. The number of amides is 1. The number of hydrogen-bond donors (Lipinski definition) is 1. The number of anilines is 1. The van der Waals surface area contributed by atoms with Crippen molar-refractivity contribution in [2.45, 2.75) is 12.5 Å². The van der Waals surface area contributed by atoms with Crippen LogP contribution in [0.5, 0.6) is 0 Å². The molecule has 0 radical (unpaired) electrons. The Morgan fingerprint density at radius 3 is 3.00 bits per heavy atom. The second-order valence-electron chi connectivity index (χ2n) is 4.53. The van der Waals surface area contributed by atoms with Crippen molar-refractivity contribution in [2.75, 3.05) is 11.9 Å². The third-order valence-electron chi connectivity index (χ3n) is 3.25. The van der Waals surface area contributed by atoms with Crippen molar-refractivity contribution in [1.82, 2.24) is 4.98 Å². The number of ether oxygens (including phenoxy) is 1. The van der Waals surface area contributed by atoms with Gasteiger partial charge in [0.25, 0.3) is 5.91 Å². The summed E-state index contributed by atoms with van der Waals surface area (Å²) in [6, 6.07) is 11.5. The van der Waals surface area contributed by atoms with Crippen LogP contribution in [0.2, 0.25) is 0 Å². The lowest BCUT2D eigenvalue weighted by Crippen LogP contribution is -2.28. The zero-order valence-electron chi connectivity index (χ0n) is 10.7. The lowest BCUT2D eigenvalue weighted by Gasteiger charge is -2.25. The summed E-state index contributed by atoms with van der Waals surface area (Å²) < 4.78 is 6.24. The Bertz CT molecular complexity index is 645. The molecule has 0 bridgehead atoms. The van der Waals surface area contributed by atoms with Gasteiger partial charge in [0, 0.05) is 6.20 Å². The van der Waals surface area contributed by atoms with Gasteiger partial charge in [-0.3, -0.25) is 4.79 Å². The number of benzene rings is 1. The standard InChI is InChI=1S/C15H13BrN2O2/c16-14-12(6-3-8-17-14)18-15(19)13-11-5-2-1-4-10(11)7-9-20-13/h1-6,8,13H,7,9H2,(H,18,19). The Balaban J connectivity index is 1.84. The smallest absolute Gasteiger partial charge is 0.258 e. The molecule has 102 valence electrons. The lowest BCUT2D eigenvalue weighted by molar-refractivity contribution is -0.128. The number of hydrogen-bond acceptors (Lipinski definition) is 3. The van der Waals surface area contributed by atoms with Crippen LogP contribution >= 0.6 is 15.9 Å². The predicted molar refractivity (Wildman–Crippen MR) is 79.4 cm³/mol. The molecule has 1 amide bonds. The average Bonchev–Trinajstić information content (AvgIpc) is 2.49. The van der Waals surface area contributed by atoms with Crippen LogP contribution in [-0.4, -0.2) is 17.5 Å². The van der Waals surface area contributed by atoms with Crippen molar-refractivity contribution in [2.24, 2.45) is 0 Å². The lowest BCUT2D eigenvalue weighted by atomic mass is 9.97. The maximum atomic E-state index is 12.4. The van der Waals surface area contributed by atoms with Crippen LogP contribution < -0.4 is 5.32 Å². The van der Waals surface area contributed by atoms with Crippen LogP contribution in [0, 0.1) is 0 Å². The molecular formula is C15H13BrN2O2. The number of rotatable bonds is 2. The molecule has 1 aliphatic rings. The first-order valence-corrected chi connectivity index (χ1v) is 7.16. The number of halogens is 1. The van der Waals surface area contributed by atoms with Crippen molar-refractivity contribution in [3.8, 4) is 0 Å². The highest BCUT2D eigenvalue weighted by Gasteiger charge is 2.27. The number of nitrogens with zero attached hydrogens (tertiary/aromatic N) is 1. The summed E-state index contributed by atoms with van der Waals surface area (Å²) in [5.74, 6) is -0.175. The van der Waals surface area contributed by atoms with Gasteiger partial charge in [0.15, 0.2) is 6.10 Å². The average molecular weight is 333 g/mol. The zero-order valence-corrected chi connectivity index (χ0v) is 12.3. The number of fused-ring (bicyclic) bond motifs is 1. The molecular weight excluding hydrogens is 320 g/mol. The van der Waals surface area contributed by atoms with Crippen LogP contribution in [0.4, 0.5) is 5.69 Å². The van der Waals surface area contributed by atoms with Crippen molar-refractivity contribution in [3.05, 3.63) is 58.3 Å². The van der Waals surface area contributed by atoms with Gasteiger partial charge in [-0.25, -0.2) is 4.98 Å². The fraction of sp³-hybridized carbons (Fsp3) is 0.200. The number of aromatic nitrogens is 1. The first kappa shape index (κ1) is 13.3. The van der Waals surface area contributed by atoms with Gasteiger partial charge >= 0.3 is 0 Å². The highest BCUT2D eigenvalue weighted by atomic mass is 79.9. The molecule has 0 aliphatic carbocycles. The molecule has 0 saturated carbocycles. The zero-order chi connectivity index (χ0) is 13.9. The molecule has 1 aromatic carbocycles. The third-order valence-corrected chi connectivity index (χ3v) is 3.88. The molecule has 2 aromatic rings. The van der Waals surface area contributed by atoms with Gasteiger partial charge in [-0.1, -0.05) is 24.3 Å². The maximum Gasteiger partial charge on any atom is 0.258 e. The van der Waals surface area contributed by atoms with E-state index in [2.05, 4.69) is 26.2 Å². The molecule has 5 heteroatoms. The van der Waals surface area contributed by atoms with E-state index < -0.39 is 6.10 Å². The molecule has 1 unspecified atom stereocenters. The van der Waals surface area contributed by atoms with Crippen molar-refractivity contribution in [3.63, 3.8) is 0 Å². The summed E-state index contributed by atoms with van der Waals surface area (Å²) >= 11 is 3.31. The van der Waals surface area contributed by atoms with Crippen LogP contribution in [0.25, 0.3) is 0 Å². The largest absolute Gasteiger partial charge is 0.363 e. The summed E-state index contributed by atoms with van der Waals surface area (Å²) in [5.41, 5.74) is 2.75. The minimum Gasteiger partial charge on any atom is -0.363 e. The molecule has 0 saturated heterocycles. The van der Waals surface area contributed by atoms with Gasteiger partial charge in [0.1, 0.15) is 4.60 Å². The fourth-order valence-corrected chi connectivity index (χ4v) is 2.64. The van der Waals surface area contributed by atoms with Crippen molar-refractivity contribution < 1.29 is 9.53 Å². The Labute approximate surface area is 125 Å². The van der Waals surface area contributed by atoms with Gasteiger partial charge in [-0.05, 0) is 45.6 Å².